The van der Waals surface area contributed by atoms with E-state index < -0.39 is 0 Å². The predicted molar refractivity (Wildman–Crippen MR) is 92.1 cm³/mol. The average Bonchev–Trinajstić information content (AvgIpc) is 3.19. The zero-order valence-corrected chi connectivity index (χ0v) is 14.4. The van der Waals surface area contributed by atoms with Crippen LogP contribution in [0.5, 0.6) is 0 Å². The molecule has 0 amide bonds. The van der Waals surface area contributed by atoms with Crippen molar-refractivity contribution in [2.75, 3.05) is 19.6 Å². The second-order valence-electron chi connectivity index (χ2n) is 6.52. The first-order valence-electron chi connectivity index (χ1n) is 8.43. The van der Waals surface area contributed by atoms with E-state index >= 15 is 0 Å². The third kappa shape index (κ3) is 3.76. The topological polar surface area (TPSA) is 34.0 Å². The summed E-state index contributed by atoms with van der Waals surface area (Å²) in [5.74, 6) is 0.818. The molecule has 0 spiro atoms. The molecule has 1 unspecified atom stereocenters. The van der Waals surface area contributed by atoms with Gasteiger partial charge in [0.25, 0.3) is 0 Å². The van der Waals surface area contributed by atoms with Gasteiger partial charge in [0.15, 0.2) is 0 Å². The summed E-state index contributed by atoms with van der Waals surface area (Å²) in [6, 6.07) is 2.62. The molecule has 0 saturated carbocycles. The number of aromatic nitrogens is 3. The summed E-state index contributed by atoms with van der Waals surface area (Å²) in [7, 11) is 0. The molecule has 4 nitrogen and oxygen atoms in total. The molecule has 22 heavy (non-hydrogen) atoms. The number of piperidine rings is 1. The molecule has 0 aliphatic carbocycles. The average molecular weight is 318 g/mol. The van der Waals surface area contributed by atoms with Gasteiger partial charge in [-0.1, -0.05) is 25.5 Å². The third-order valence-electron chi connectivity index (χ3n) is 4.61. The highest BCUT2D eigenvalue weighted by atomic mass is 32.1. The maximum atomic E-state index is 4.36. The van der Waals surface area contributed by atoms with Crippen molar-refractivity contribution in [2.45, 2.75) is 45.6 Å². The minimum atomic E-state index is 0.512. The molecule has 1 aliphatic heterocycles. The molecule has 1 fully saturated rings. The lowest BCUT2D eigenvalue weighted by Gasteiger charge is -2.33. The van der Waals surface area contributed by atoms with E-state index in [-0.39, 0.29) is 0 Å². The predicted octanol–water partition coefficient (Wildman–Crippen LogP) is 4.08. The monoisotopic (exact) mass is 318 g/mol. The lowest BCUT2D eigenvalue weighted by molar-refractivity contribution is 0.157. The summed E-state index contributed by atoms with van der Waals surface area (Å²) in [5.41, 5.74) is 2.18. The van der Waals surface area contributed by atoms with E-state index in [9.17, 15) is 0 Å². The summed E-state index contributed by atoms with van der Waals surface area (Å²) < 4.78 is 2.08. The minimum Gasteiger partial charge on any atom is -0.303 e. The van der Waals surface area contributed by atoms with Crippen molar-refractivity contribution in [3.63, 3.8) is 0 Å². The molecule has 0 radical (unpaired) electrons. The van der Waals surface area contributed by atoms with Crippen LogP contribution in [0.25, 0.3) is 11.3 Å². The van der Waals surface area contributed by atoms with Gasteiger partial charge in [-0.15, -0.1) is 5.10 Å². The largest absolute Gasteiger partial charge is 0.303 e. The molecule has 3 heterocycles. The zero-order valence-electron chi connectivity index (χ0n) is 13.6. The first-order valence-corrected chi connectivity index (χ1v) is 9.37. The summed E-state index contributed by atoms with van der Waals surface area (Å²) >= 11 is 1.71. The summed E-state index contributed by atoms with van der Waals surface area (Å²) in [6.45, 7) is 8.27. The molecule has 1 atom stereocenters. The standard InChI is InChI=1S/C17H26N4S/c1-3-4-14(2)11-20-8-5-16(6-9-20)21-12-17(18-19-21)15-7-10-22-13-15/h7,10,12-14,16H,3-6,8-9,11H2,1-2H3. The summed E-state index contributed by atoms with van der Waals surface area (Å²) in [4.78, 5) is 2.62. The number of rotatable bonds is 6. The minimum absolute atomic E-state index is 0.512. The fourth-order valence-corrected chi connectivity index (χ4v) is 4.04. The molecule has 0 N–H and O–H groups in total. The maximum absolute atomic E-state index is 4.36. The van der Waals surface area contributed by atoms with Gasteiger partial charge in [0.1, 0.15) is 5.69 Å². The van der Waals surface area contributed by atoms with Gasteiger partial charge in [-0.25, -0.2) is 4.68 Å². The van der Waals surface area contributed by atoms with Crippen LogP contribution in [-0.2, 0) is 0 Å². The highest BCUT2D eigenvalue weighted by Crippen LogP contribution is 2.25. The third-order valence-corrected chi connectivity index (χ3v) is 5.29. The van der Waals surface area contributed by atoms with E-state index in [0.717, 1.165) is 11.6 Å². The van der Waals surface area contributed by atoms with Gasteiger partial charge < -0.3 is 4.90 Å². The van der Waals surface area contributed by atoms with E-state index in [1.165, 1.54) is 50.9 Å². The molecule has 120 valence electrons. The van der Waals surface area contributed by atoms with Crippen molar-refractivity contribution in [1.29, 1.82) is 0 Å². The molecule has 5 heteroatoms. The van der Waals surface area contributed by atoms with Crippen LogP contribution in [-0.4, -0.2) is 39.5 Å². The fraction of sp³-hybridized carbons (Fsp3) is 0.647. The first kappa shape index (κ1) is 15.7. The molecule has 1 aliphatic rings. The van der Waals surface area contributed by atoms with Crippen molar-refractivity contribution in [2.24, 2.45) is 5.92 Å². The lowest BCUT2D eigenvalue weighted by atomic mass is 10.0. The first-order chi connectivity index (χ1) is 10.8. The maximum Gasteiger partial charge on any atom is 0.113 e. The smallest absolute Gasteiger partial charge is 0.113 e. The molecular formula is C17H26N4S. The molecule has 3 rings (SSSR count). The van der Waals surface area contributed by atoms with Crippen LogP contribution < -0.4 is 0 Å². The van der Waals surface area contributed by atoms with Crippen molar-refractivity contribution in [3.05, 3.63) is 23.0 Å². The van der Waals surface area contributed by atoms with E-state index in [2.05, 4.69) is 56.8 Å². The van der Waals surface area contributed by atoms with Crippen LogP contribution in [0.2, 0.25) is 0 Å². The van der Waals surface area contributed by atoms with Crippen LogP contribution in [0.15, 0.2) is 23.0 Å². The number of thiophene rings is 1. The molecule has 0 bridgehead atoms. The normalized spacial score (nSPS) is 18.6. The number of hydrogen-bond donors (Lipinski definition) is 0. The quantitative estimate of drug-likeness (QED) is 0.805. The second-order valence-corrected chi connectivity index (χ2v) is 7.30. The van der Waals surface area contributed by atoms with Crippen LogP contribution in [0.1, 0.15) is 45.6 Å². The van der Waals surface area contributed by atoms with Crippen molar-refractivity contribution in [3.8, 4) is 11.3 Å². The molecule has 2 aromatic heterocycles. The van der Waals surface area contributed by atoms with Crippen molar-refractivity contribution >= 4 is 11.3 Å². The number of nitrogens with zero attached hydrogens (tertiary/aromatic N) is 4. The number of likely N-dealkylation sites (tertiary alicyclic amines) is 1. The lowest BCUT2D eigenvalue weighted by Crippen LogP contribution is -2.37. The Morgan fingerprint density at radius 3 is 2.86 bits per heavy atom. The summed E-state index contributed by atoms with van der Waals surface area (Å²) in [5, 5.41) is 12.9. The molecule has 2 aromatic rings. The number of hydrogen-bond acceptors (Lipinski definition) is 4. The molecule has 1 saturated heterocycles. The van der Waals surface area contributed by atoms with Gasteiger partial charge in [0.2, 0.25) is 0 Å². The van der Waals surface area contributed by atoms with Gasteiger partial charge in [-0.2, -0.15) is 11.3 Å². The van der Waals surface area contributed by atoms with Gasteiger partial charge in [-0.05, 0) is 36.6 Å². The summed E-state index contributed by atoms with van der Waals surface area (Å²) in [6.07, 6.45) is 7.12. The van der Waals surface area contributed by atoms with E-state index in [4.69, 9.17) is 0 Å². The van der Waals surface area contributed by atoms with E-state index in [1.807, 2.05) is 0 Å². The Balaban J connectivity index is 1.53. The Labute approximate surface area is 137 Å². The fourth-order valence-electron chi connectivity index (χ4n) is 3.39. The van der Waals surface area contributed by atoms with Crippen LogP contribution in [0.4, 0.5) is 0 Å². The molecule has 0 aromatic carbocycles. The Hall–Kier alpha value is -1.20. The van der Waals surface area contributed by atoms with Crippen LogP contribution >= 0.6 is 11.3 Å². The Morgan fingerprint density at radius 2 is 2.18 bits per heavy atom. The van der Waals surface area contributed by atoms with E-state index in [1.54, 1.807) is 11.3 Å². The van der Waals surface area contributed by atoms with Crippen molar-refractivity contribution < 1.29 is 0 Å². The van der Waals surface area contributed by atoms with E-state index in [0.29, 0.717) is 6.04 Å². The van der Waals surface area contributed by atoms with Gasteiger partial charge >= 0.3 is 0 Å². The Bertz CT molecular complexity index is 555. The van der Waals surface area contributed by atoms with Gasteiger partial charge in [-0.3, -0.25) is 0 Å². The highest BCUT2D eigenvalue weighted by Gasteiger charge is 2.22. The van der Waals surface area contributed by atoms with Gasteiger partial charge in [0.05, 0.1) is 12.2 Å². The second kappa shape index (κ2) is 7.38. The Kier molecular flexibility index (Phi) is 5.26. The highest BCUT2D eigenvalue weighted by molar-refractivity contribution is 7.08. The molecular weight excluding hydrogens is 292 g/mol. The van der Waals surface area contributed by atoms with Crippen LogP contribution in [0, 0.1) is 5.92 Å². The zero-order chi connectivity index (χ0) is 15.4. The van der Waals surface area contributed by atoms with Crippen LogP contribution in [0.3, 0.4) is 0 Å². The SMILES string of the molecule is CCCC(C)CN1CCC(n2cc(-c3ccsc3)nn2)CC1. The van der Waals surface area contributed by atoms with Gasteiger partial charge in [0, 0.05) is 30.6 Å². The Morgan fingerprint density at radius 1 is 1.36 bits per heavy atom. The van der Waals surface area contributed by atoms with Crippen molar-refractivity contribution in [1.82, 2.24) is 19.9 Å².